The van der Waals surface area contributed by atoms with Crippen LogP contribution in [0.15, 0.2) is 54.6 Å². The van der Waals surface area contributed by atoms with Crippen LogP contribution in [0.5, 0.6) is 0 Å². The van der Waals surface area contributed by atoms with Gasteiger partial charge in [-0.2, -0.15) is 0 Å². The molecule has 2 aromatic carbocycles. The maximum Gasteiger partial charge on any atom is 0.246 e. The first-order valence-corrected chi connectivity index (χ1v) is 7.87. The summed E-state index contributed by atoms with van der Waals surface area (Å²) in [6.45, 7) is 1.96. The van der Waals surface area contributed by atoms with Gasteiger partial charge < -0.3 is 10.2 Å². The number of rotatable bonds is 5. The summed E-state index contributed by atoms with van der Waals surface area (Å²) >= 11 is 5.80. The molecule has 0 saturated heterocycles. The maximum atomic E-state index is 12.1. The fraction of sp³-hybridized carbons (Fsp3) is 0.158. The number of anilines is 1. The van der Waals surface area contributed by atoms with Crippen LogP contribution in [0.25, 0.3) is 6.08 Å². The second-order valence-corrected chi connectivity index (χ2v) is 5.93. The molecule has 0 aliphatic carbocycles. The second kappa shape index (κ2) is 8.31. The standard InChI is InChI=1S/C19H19ClN2O2/c1-14-4-3-5-15(12-14)6-11-19(24)22(2)13-18(23)21-17-9-7-16(20)8-10-17/h3-12H,13H2,1-2H3,(H,21,23)/b11-6+. The number of amides is 2. The van der Waals surface area contributed by atoms with Crippen molar-refractivity contribution in [3.05, 3.63) is 70.8 Å². The van der Waals surface area contributed by atoms with Crippen molar-refractivity contribution in [1.29, 1.82) is 0 Å². The Morgan fingerprint density at radius 2 is 1.88 bits per heavy atom. The summed E-state index contributed by atoms with van der Waals surface area (Å²) in [6, 6.07) is 14.6. The molecule has 0 aliphatic rings. The van der Waals surface area contributed by atoms with Crippen LogP contribution in [0.1, 0.15) is 11.1 Å². The fourth-order valence-electron chi connectivity index (χ4n) is 2.10. The Bertz CT molecular complexity index is 754. The van der Waals surface area contributed by atoms with Gasteiger partial charge in [-0.15, -0.1) is 0 Å². The molecule has 24 heavy (non-hydrogen) atoms. The number of nitrogens with one attached hydrogen (secondary N) is 1. The summed E-state index contributed by atoms with van der Waals surface area (Å²) < 4.78 is 0. The van der Waals surface area contributed by atoms with Gasteiger partial charge >= 0.3 is 0 Å². The van der Waals surface area contributed by atoms with Gasteiger partial charge in [0.05, 0.1) is 6.54 Å². The zero-order chi connectivity index (χ0) is 17.5. The highest BCUT2D eigenvalue weighted by Crippen LogP contribution is 2.13. The Hall–Kier alpha value is -2.59. The highest BCUT2D eigenvalue weighted by atomic mass is 35.5. The number of benzene rings is 2. The van der Waals surface area contributed by atoms with Gasteiger partial charge in [0, 0.05) is 23.8 Å². The molecule has 1 N–H and O–H groups in total. The van der Waals surface area contributed by atoms with E-state index in [9.17, 15) is 9.59 Å². The Balaban J connectivity index is 1.88. The molecule has 0 fully saturated rings. The van der Waals surface area contributed by atoms with E-state index in [0.29, 0.717) is 10.7 Å². The average molecular weight is 343 g/mol. The van der Waals surface area contributed by atoms with E-state index in [1.165, 1.54) is 11.0 Å². The van der Waals surface area contributed by atoms with Crippen molar-refractivity contribution in [2.75, 3.05) is 18.9 Å². The predicted octanol–water partition coefficient (Wildman–Crippen LogP) is 3.76. The first kappa shape index (κ1) is 17.8. The summed E-state index contributed by atoms with van der Waals surface area (Å²) in [4.78, 5) is 25.4. The molecule has 0 aliphatic heterocycles. The summed E-state index contributed by atoms with van der Waals surface area (Å²) in [5.41, 5.74) is 2.71. The van der Waals surface area contributed by atoms with Gasteiger partial charge in [0.25, 0.3) is 0 Å². The molecular weight excluding hydrogens is 324 g/mol. The van der Waals surface area contributed by atoms with Crippen LogP contribution in [0, 0.1) is 6.92 Å². The molecule has 2 rings (SSSR count). The number of carbonyl (C=O) groups excluding carboxylic acids is 2. The summed E-state index contributed by atoms with van der Waals surface area (Å²) in [6.07, 6.45) is 3.20. The summed E-state index contributed by atoms with van der Waals surface area (Å²) in [7, 11) is 1.59. The molecule has 2 amide bonds. The third-order valence-electron chi connectivity index (χ3n) is 3.35. The molecule has 0 atom stereocenters. The Kier molecular flexibility index (Phi) is 6.15. The van der Waals surface area contributed by atoms with E-state index in [4.69, 9.17) is 11.6 Å². The Morgan fingerprint density at radius 1 is 1.17 bits per heavy atom. The molecular formula is C19H19ClN2O2. The molecule has 0 heterocycles. The quantitative estimate of drug-likeness (QED) is 0.841. The van der Waals surface area contributed by atoms with Crippen LogP contribution in [0.2, 0.25) is 5.02 Å². The number of aryl methyl sites for hydroxylation is 1. The van der Waals surface area contributed by atoms with Crippen LogP contribution >= 0.6 is 11.6 Å². The third-order valence-corrected chi connectivity index (χ3v) is 3.60. The van der Waals surface area contributed by atoms with Crippen molar-refractivity contribution in [2.24, 2.45) is 0 Å². The average Bonchev–Trinajstić information content (AvgIpc) is 2.54. The molecule has 4 nitrogen and oxygen atoms in total. The van der Waals surface area contributed by atoms with E-state index in [2.05, 4.69) is 5.32 Å². The van der Waals surface area contributed by atoms with Gasteiger partial charge in [-0.25, -0.2) is 0 Å². The number of likely N-dealkylation sites (N-methyl/N-ethyl adjacent to an activating group) is 1. The predicted molar refractivity (Wildman–Crippen MR) is 97.9 cm³/mol. The normalized spacial score (nSPS) is 10.6. The number of hydrogen-bond acceptors (Lipinski definition) is 2. The lowest BCUT2D eigenvalue weighted by Gasteiger charge is -2.14. The highest BCUT2D eigenvalue weighted by molar-refractivity contribution is 6.30. The summed E-state index contributed by atoms with van der Waals surface area (Å²) in [5.74, 6) is -0.500. The summed E-state index contributed by atoms with van der Waals surface area (Å²) in [5, 5.41) is 3.32. The van der Waals surface area contributed by atoms with E-state index in [1.54, 1.807) is 37.4 Å². The van der Waals surface area contributed by atoms with Crippen LogP contribution in [0.4, 0.5) is 5.69 Å². The second-order valence-electron chi connectivity index (χ2n) is 5.50. The first-order chi connectivity index (χ1) is 11.4. The lowest BCUT2D eigenvalue weighted by atomic mass is 10.1. The van der Waals surface area contributed by atoms with Crippen LogP contribution in [-0.2, 0) is 9.59 Å². The van der Waals surface area contributed by atoms with Crippen molar-refractivity contribution < 1.29 is 9.59 Å². The third kappa shape index (κ3) is 5.56. The van der Waals surface area contributed by atoms with Crippen LogP contribution in [0.3, 0.4) is 0 Å². The Morgan fingerprint density at radius 3 is 2.54 bits per heavy atom. The van der Waals surface area contributed by atoms with Gasteiger partial charge in [0.15, 0.2) is 0 Å². The first-order valence-electron chi connectivity index (χ1n) is 7.49. The molecule has 124 valence electrons. The van der Waals surface area contributed by atoms with Gasteiger partial charge in [-0.05, 0) is 42.8 Å². The number of carbonyl (C=O) groups is 2. The molecule has 0 saturated carbocycles. The molecule has 0 aromatic heterocycles. The van der Waals surface area contributed by atoms with Crippen molar-refractivity contribution >= 4 is 35.2 Å². The van der Waals surface area contributed by atoms with Crippen molar-refractivity contribution in [1.82, 2.24) is 4.90 Å². The SMILES string of the molecule is Cc1cccc(/C=C/C(=O)N(C)CC(=O)Nc2ccc(Cl)cc2)c1. The zero-order valence-electron chi connectivity index (χ0n) is 13.6. The molecule has 0 radical (unpaired) electrons. The van der Waals surface area contributed by atoms with Crippen molar-refractivity contribution in [3.8, 4) is 0 Å². The van der Waals surface area contributed by atoms with E-state index in [0.717, 1.165) is 11.1 Å². The van der Waals surface area contributed by atoms with Gasteiger partial charge in [0.2, 0.25) is 11.8 Å². The molecule has 0 spiro atoms. The molecule has 5 heteroatoms. The van der Waals surface area contributed by atoms with Gasteiger partial charge in [-0.3, -0.25) is 9.59 Å². The number of halogens is 1. The smallest absolute Gasteiger partial charge is 0.246 e. The van der Waals surface area contributed by atoms with E-state index < -0.39 is 0 Å². The Labute approximate surface area is 146 Å². The lowest BCUT2D eigenvalue weighted by molar-refractivity contribution is -0.129. The largest absolute Gasteiger partial charge is 0.333 e. The topological polar surface area (TPSA) is 49.4 Å². The van der Waals surface area contributed by atoms with Crippen LogP contribution in [-0.4, -0.2) is 30.3 Å². The van der Waals surface area contributed by atoms with E-state index in [-0.39, 0.29) is 18.4 Å². The van der Waals surface area contributed by atoms with Crippen molar-refractivity contribution in [3.63, 3.8) is 0 Å². The lowest BCUT2D eigenvalue weighted by Crippen LogP contribution is -2.33. The van der Waals surface area contributed by atoms with E-state index >= 15 is 0 Å². The fourth-order valence-corrected chi connectivity index (χ4v) is 2.22. The highest BCUT2D eigenvalue weighted by Gasteiger charge is 2.10. The minimum Gasteiger partial charge on any atom is -0.333 e. The molecule has 0 bridgehead atoms. The van der Waals surface area contributed by atoms with E-state index in [1.807, 2.05) is 31.2 Å². The maximum absolute atomic E-state index is 12.1. The molecule has 0 unspecified atom stereocenters. The number of hydrogen-bond donors (Lipinski definition) is 1. The van der Waals surface area contributed by atoms with Crippen LogP contribution < -0.4 is 5.32 Å². The number of nitrogens with zero attached hydrogens (tertiary/aromatic N) is 1. The molecule has 2 aromatic rings. The zero-order valence-corrected chi connectivity index (χ0v) is 14.4. The monoisotopic (exact) mass is 342 g/mol. The minimum atomic E-state index is -0.267. The van der Waals surface area contributed by atoms with Crippen molar-refractivity contribution in [2.45, 2.75) is 6.92 Å². The van der Waals surface area contributed by atoms with Gasteiger partial charge in [-0.1, -0.05) is 41.4 Å². The van der Waals surface area contributed by atoms with Gasteiger partial charge in [0.1, 0.15) is 0 Å². The minimum absolute atomic E-state index is 0.0282.